The standard InChI is InChI=1S/C8H8ClN3O2/c1-12-3-4(2-10-12)5-6(9)8(14)11-7(5)13/h2-3,5-6H,1H3,(H,11,13,14). The lowest BCUT2D eigenvalue weighted by molar-refractivity contribution is -0.125. The third-order valence-electron chi connectivity index (χ3n) is 2.16. The quantitative estimate of drug-likeness (QED) is 0.518. The van der Waals surface area contributed by atoms with E-state index in [1.165, 1.54) is 6.20 Å². The van der Waals surface area contributed by atoms with Gasteiger partial charge in [0.15, 0.2) is 0 Å². The van der Waals surface area contributed by atoms with E-state index in [-0.39, 0.29) is 5.91 Å². The number of aromatic nitrogens is 2. The van der Waals surface area contributed by atoms with Gasteiger partial charge >= 0.3 is 0 Å². The van der Waals surface area contributed by atoms with Crippen molar-refractivity contribution < 1.29 is 9.59 Å². The molecule has 2 rings (SSSR count). The third kappa shape index (κ3) is 1.29. The minimum atomic E-state index is -0.827. The average molecular weight is 214 g/mol. The molecule has 2 unspecified atom stereocenters. The van der Waals surface area contributed by atoms with Crippen molar-refractivity contribution in [2.45, 2.75) is 11.3 Å². The first kappa shape index (κ1) is 9.21. The number of hydrogen-bond acceptors (Lipinski definition) is 3. The van der Waals surface area contributed by atoms with Crippen LogP contribution in [0.5, 0.6) is 0 Å². The molecule has 2 atom stereocenters. The fourth-order valence-electron chi connectivity index (χ4n) is 1.47. The van der Waals surface area contributed by atoms with Gasteiger partial charge in [-0.1, -0.05) is 0 Å². The van der Waals surface area contributed by atoms with Crippen molar-refractivity contribution in [2.75, 3.05) is 0 Å². The molecule has 1 aromatic rings. The van der Waals surface area contributed by atoms with Crippen LogP contribution in [0.2, 0.25) is 0 Å². The summed E-state index contributed by atoms with van der Waals surface area (Å²) in [6.45, 7) is 0. The van der Waals surface area contributed by atoms with Gasteiger partial charge in [-0.15, -0.1) is 11.6 Å². The van der Waals surface area contributed by atoms with Crippen molar-refractivity contribution in [3.8, 4) is 0 Å². The highest BCUT2D eigenvalue weighted by Crippen LogP contribution is 2.28. The molecule has 74 valence electrons. The zero-order valence-electron chi connectivity index (χ0n) is 7.40. The molecule has 1 aliphatic heterocycles. The van der Waals surface area contributed by atoms with Crippen LogP contribution in [0.1, 0.15) is 11.5 Å². The lowest BCUT2D eigenvalue weighted by Gasteiger charge is -2.05. The Morgan fingerprint density at radius 2 is 2.21 bits per heavy atom. The zero-order chi connectivity index (χ0) is 10.3. The normalized spacial score (nSPS) is 26.7. The number of aryl methyl sites for hydroxylation is 1. The smallest absolute Gasteiger partial charge is 0.245 e. The number of amides is 2. The van der Waals surface area contributed by atoms with E-state index in [2.05, 4.69) is 10.4 Å². The van der Waals surface area contributed by atoms with Gasteiger partial charge in [0.05, 0.1) is 12.1 Å². The van der Waals surface area contributed by atoms with Gasteiger partial charge in [-0.05, 0) is 0 Å². The van der Waals surface area contributed by atoms with Crippen LogP contribution in [0.15, 0.2) is 12.4 Å². The Kier molecular flexibility index (Phi) is 2.03. The van der Waals surface area contributed by atoms with E-state index < -0.39 is 17.2 Å². The van der Waals surface area contributed by atoms with Crippen molar-refractivity contribution in [3.05, 3.63) is 18.0 Å². The molecule has 1 saturated heterocycles. The van der Waals surface area contributed by atoms with Crippen LogP contribution in [-0.2, 0) is 16.6 Å². The van der Waals surface area contributed by atoms with Crippen molar-refractivity contribution in [3.63, 3.8) is 0 Å². The highest BCUT2D eigenvalue weighted by Gasteiger charge is 2.41. The molecule has 0 saturated carbocycles. The number of nitrogens with one attached hydrogen (secondary N) is 1. The Labute approximate surface area is 85.0 Å². The highest BCUT2D eigenvalue weighted by molar-refractivity contribution is 6.37. The molecule has 0 radical (unpaired) electrons. The number of halogens is 1. The second kappa shape index (κ2) is 3.09. The number of hydrogen-bond donors (Lipinski definition) is 1. The minimum absolute atomic E-state index is 0.358. The Hall–Kier alpha value is -1.36. The second-order valence-electron chi connectivity index (χ2n) is 3.18. The van der Waals surface area contributed by atoms with Crippen LogP contribution in [-0.4, -0.2) is 27.0 Å². The van der Waals surface area contributed by atoms with Crippen LogP contribution in [0, 0.1) is 0 Å². The van der Waals surface area contributed by atoms with Crippen LogP contribution >= 0.6 is 11.6 Å². The summed E-state index contributed by atoms with van der Waals surface area (Å²) in [7, 11) is 1.74. The number of carbonyl (C=O) groups excluding carboxylic acids is 2. The van der Waals surface area contributed by atoms with Crippen LogP contribution < -0.4 is 5.32 Å². The van der Waals surface area contributed by atoms with E-state index in [9.17, 15) is 9.59 Å². The summed E-state index contributed by atoms with van der Waals surface area (Å²) in [4.78, 5) is 22.4. The molecule has 1 aromatic heterocycles. The Morgan fingerprint density at radius 3 is 2.64 bits per heavy atom. The first-order chi connectivity index (χ1) is 6.59. The van der Waals surface area contributed by atoms with Crippen molar-refractivity contribution in [2.24, 2.45) is 7.05 Å². The van der Waals surface area contributed by atoms with Crippen LogP contribution in [0.3, 0.4) is 0 Å². The number of nitrogens with zero attached hydrogens (tertiary/aromatic N) is 2. The summed E-state index contributed by atoms with van der Waals surface area (Å²) in [6, 6.07) is 0. The average Bonchev–Trinajstić information content (AvgIpc) is 2.60. The molecule has 0 spiro atoms. The molecular formula is C8H8ClN3O2. The molecule has 0 aliphatic carbocycles. The number of imide groups is 1. The molecule has 14 heavy (non-hydrogen) atoms. The van der Waals surface area contributed by atoms with Gasteiger partial charge in [0.1, 0.15) is 5.38 Å². The van der Waals surface area contributed by atoms with E-state index >= 15 is 0 Å². The second-order valence-corrected chi connectivity index (χ2v) is 3.65. The minimum Gasteiger partial charge on any atom is -0.295 e. The van der Waals surface area contributed by atoms with E-state index in [1.807, 2.05) is 0 Å². The molecule has 6 heteroatoms. The maximum atomic E-state index is 11.4. The first-order valence-electron chi connectivity index (χ1n) is 4.07. The number of rotatable bonds is 1. The molecule has 2 amide bonds. The van der Waals surface area contributed by atoms with Crippen molar-refractivity contribution in [1.29, 1.82) is 0 Å². The summed E-state index contributed by atoms with van der Waals surface area (Å²) in [5.74, 6) is -1.41. The van der Waals surface area contributed by atoms with E-state index in [0.717, 1.165) is 0 Å². The van der Waals surface area contributed by atoms with Gasteiger partial charge < -0.3 is 0 Å². The molecular weight excluding hydrogens is 206 g/mol. The van der Waals surface area contributed by atoms with Gasteiger partial charge in [0.25, 0.3) is 0 Å². The van der Waals surface area contributed by atoms with Gasteiger partial charge in [0, 0.05) is 18.8 Å². The monoisotopic (exact) mass is 213 g/mol. The lowest BCUT2D eigenvalue weighted by Crippen LogP contribution is -2.22. The molecule has 5 nitrogen and oxygen atoms in total. The molecule has 1 aliphatic rings. The molecule has 0 aromatic carbocycles. The summed E-state index contributed by atoms with van der Waals surface area (Å²) in [5.41, 5.74) is 0.663. The highest BCUT2D eigenvalue weighted by atomic mass is 35.5. The topological polar surface area (TPSA) is 64.0 Å². The Morgan fingerprint density at radius 1 is 1.50 bits per heavy atom. The molecule has 1 N–H and O–H groups in total. The number of carbonyl (C=O) groups is 2. The predicted molar refractivity (Wildman–Crippen MR) is 48.7 cm³/mol. The lowest BCUT2D eigenvalue weighted by atomic mass is 10.0. The summed E-state index contributed by atoms with van der Waals surface area (Å²) in [5, 5.41) is 5.27. The van der Waals surface area contributed by atoms with Crippen molar-refractivity contribution >= 4 is 23.4 Å². The first-order valence-corrected chi connectivity index (χ1v) is 4.50. The molecule has 0 bridgehead atoms. The molecule has 2 heterocycles. The van der Waals surface area contributed by atoms with E-state index in [0.29, 0.717) is 5.56 Å². The maximum Gasteiger partial charge on any atom is 0.245 e. The van der Waals surface area contributed by atoms with Crippen molar-refractivity contribution in [1.82, 2.24) is 15.1 Å². The summed E-state index contributed by atoms with van der Waals surface area (Å²) < 4.78 is 1.56. The SMILES string of the molecule is Cn1cc(C2C(=O)NC(=O)C2Cl)cn1. The van der Waals surface area contributed by atoms with Gasteiger partial charge in [-0.3, -0.25) is 19.6 Å². The van der Waals surface area contributed by atoms with E-state index in [4.69, 9.17) is 11.6 Å². The van der Waals surface area contributed by atoms with E-state index in [1.54, 1.807) is 17.9 Å². The predicted octanol–water partition coefficient (Wildman–Crippen LogP) is -0.233. The van der Waals surface area contributed by atoms with Crippen LogP contribution in [0.25, 0.3) is 0 Å². The van der Waals surface area contributed by atoms with Gasteiger partial charge in [-0.25, -0.2) is 0 Å². The number of alkyl halides is 1. The fourth-order valence-corrected chi connectivity index (χ4v) is 1.79. The Balaban J connectivity index is 2.35. The molecule has 1 fully saturated rings. The maximum absolute atomic E-state index is 11.4. The summed E-state index contributed by atoms with van der Waals surface area (Å²) >= 11 is 5.80. The van der Waals surface area contributed by atoms with Gasteiger partial charge in [-0.2, -0.15) is 5.10 Å². The van der Waals surface area contributed by atoms with Gasteiger partial charge in [0.2, 0.25) is 11.8 Å². The summed E-state index contributed by atoms with van der Waals surface area (Å²) in [6.07, 6.45) is 3.22. The van der Waals surface area contributed by atoms with Crippen LogP contribution in [0.4, 0.5) is 0 Å². The Bertz CT molecular complexity index is 401. The largest absolute Gasteiger partial charge is 0.295 e. The zero-order valence-corrected chi connectivity index (χ0v) is 8.15. The third-order valence-corrected chi connectivity index (χ3v) is 2.61. The fraction of sp³-hybridized carbons (Fsp3) is 0.375.